The van der Waals surface area contributed by atoms with Crippen molar-refractivity contribution in [2.75, 3.05) is 38.3 Å². The van der Waals surface area contributed by atoms with Crippen LogP contribution in [0.1, 0.15) is 25.7 Å². The van der Waals surface area contributed by atoms with Crippen LogP contribution in [-0.4, -0.2) is 46.7 Å². The van der Waals surface area contributed by atoms with Crippen LogP contribution in [0.5, 0.6) is 0 Å². The van der Waals surface area contributed by atoms with Crippen molar-refractivity contribution in [2.45, 2.75) is 25.7 Å². The molecule has 0 heterocycles. The molecule has 0 amide bonds. The van der Waals surface area contributed by atoms with Gasteiger partial charge in [-0.25, -0.2) is 8.42 Å². The summed E-state index contributed by atoms with van der Waals surface area (Å²) in [6, 6.07) is 0. The highest BCUT2D eigenvalue weighted by Crippen LogP contribution is 2.28. The molecule has 0 aromatic carbocycles. The Morgan fingerprint density at radius 2 is 2.00 bits per heavy atom. The molecule has 96 valence electrons. The first-order valence-electron chi connectivity index (χ1n) is 6.04. The van der Waals surface area contributed by atoms with Gasteiger partial charge in [0.2, 0.25) is 0 Å². The Morgan fingerprint density at radius 1 is 1.25 bits per heavy atom. The Kier molecular flexibility index (Phi) is 6.31. The molecule has 0 spiro atoms. The minimum atomic E-state index is -2.83. The van der Waals surface area contributed by atoms with E-state index in [1.54, 1.807) is 0 Å². The fourth-order valence-corrected chi connectivity index (χ4v) is 2.18. The summed E-state index contributed by atoms with van der Waals surface area (Å²) in [7, 11) is -2.83. The number of sulfone groups is 1. The van der Waals surface area contributed by atoms with E-state index in [4.69, 9.17) is 4.74 Å². The first-order chi connectivity index (χ1) is 7.58. The highest BCUT2D eigenvalue weighted by molar-refractivity contribution is 7.90. The monoisotopic (exact) mass is 249 g/mol. The molecule has 1 saturated carbocycles. The van der Waals surface area contributed by atoms with Gasteiger partial charge in [0.25, 0.3) is 0 Å². The van der Waals surface area contributed by atoms with Crippen molar-refractivity contribution < 1.29 is 13.2 Å². The molecule has 0 aromatic rings. The fourth-order valence-electron chi connectivity index (χ4n) is 1.66. The van der Waals surface area contributed by atoms with Crippen molar-refractivity contribution in [3.05, 3.63) is 0 Å². The summed E-state index contributed by atoms with van der Waals surface area (Å²) >= 11 is 0. The van der Waals surface area contributed by atoms with Crippen molar-refractivity contribution >= 4 is 9.84 Å². The van der Waals surface area contributed by atoms with E-state index in [0.717, 1.165) is 19.1 Å². The van der Waals surface area contributed by atoms with Crippen molar-refractivity contribution in [1.82, 2.24) is 5.32 Å². The lowest BCUT2D eigenvalue weighted by Gasteiger charge is -2.24. The zero-order chi connectivity index (χ0) is 11.9. The SMILES string of the molecule is CS(=O)(=O)CCNCCOCCC1CCC1. The molecule has 0 saturated heterocycles. The average molecular weight is 249 g/mol. The van der Waals surface area contributed by atoms with Gasteiger partial charge in [0.1, 0.15) is 9.84 Å². The molecular formula is C11H23NO3S. The van der Waals surface area contributed by atoms with Gasteiger partial charge in [-0.3, -0.25) is 0 Å². The Balaban J connectivity index is 1.77. The quantitative estimate of drug-likeness (QED) is 0.615. The number of rotatable bonds is 9. The molecule has 16 heavy (non-hydrogen) atoms. The summed E-state index contributed by atoms with van der Waals surface area (Å²) in [5, 5.41) is 3.05. The van der Waals surface area contributed by atoms with Gasteiger partial charge in [-0.1, -0.05) is 19.3 Å². The average Bonchev–Trinajstić information content (AvgIpc) is 2.10. The molecular weight excluding hydrogens is 226 g/mol. The maximum Gasteiger partial charge on any atom is 0.148 e. The van der Waals surface area contributed by atoms with Crippen LogP contribution in [0.25, 0.3) is 0 Å². The van der Waals surface area contributed by atoms with Gasteiger partial charge in [-0.2, -0.15) is 0 Å². The van der Waals surface area contributed by atoms with Crippen molar-refractivity contribution in [3.8, 4) is 0 Å². The second-order valence-corrected chi connectivity index (χ2v) is 6.84. The maximum absolute atomic E-state index is 10.8. The van der Waals surface area contributed by atoms with Gasteiger partial charge in [0.15, 0.2) is 0 Å². The van der Waals surface area contributed by atoms with E-state index in [9.17, 15) is 8.42 Å². The Hall–Kier alpha value is -0.130. The predicted molar refractivity (Wildman–Crippen MR) is 65.4 cm³/mol. The molecule has 1 rings (SSSR count). The van der Waals surface area contributed by atoms with E-state index in [1.165, 1.54) is 31.9 Å². The highest BCUT2D eigenvalue weighted by atomic mass is 32.2. The second-order valence-electron chi connectivity index (χ2n) is 4.58. The summed E-state index contributed by atoms with van der Waals surface area (Å²) < 4.78 is 27.1. The topological polar surface area (TPSA) is 55.4 Å². The third-order valence-electron chi connectivity index (χ3n) is 2.97. The lowest BCUT2D eigenvalue weighted by atomic mass is 9.83. The van der Waals surface area contributed by atoms with E-state index in [1.807, 2.05) is 0 Å². The van der Waals surface area contributed by atoms with Gasteiger partial charge in [-0.05, 0) is 12.3 Å². The van der Waals surface area contributed by atoms with Gasteiger partial charge < -0.3 is 10.1 Å². The normalized spacial score (nSPS) is 17.3. The molecule has 5 heteroatoms. The van der Waals surface area contributed by atoms with Crippen molar-refractivity contribution in [3.63, 3.8) is 0 Å². The van der Waals surface area contributed by atoms with Crippen LogP contribution < -0.4 is 5.32 Å². The molecule has 0 atom stereocenters. The van der Waals surface area contributed by atoms with Gasteiger partial charge in [-0.15, -0.1) is 0 Å². The molecule has 0 aromatic heterocycles. The van der Waals surface area contributed by atoms with Crippen LogP contribution in [0, 0.1) is 5.92 Å². The lowest BCUT2D eigenvalue weighted by molar-refractivity contribution is 0.108. The Bertz CT molecular complexity index is 273. The minimum absolute atomic E-state index is 0.203. The Labute approximate surface area is 98.7 Å². The number of ether oxygens (including phenoxy) is 1. The standard InChI is InChI=1S/C11H23NO3S/c1-16(13,14)10-7-12-6-9-15-8-5-11-3-2-4-11/h11-12H,2-10H2,1H3. The third kappa shape index (κ3) is 7.19. The number of nitrogens with one attached hydrogen (secondary N) is 1. The van der Waals surface area contributed by atoms with E-state index in [0.29, 0.717) is 13.2 Å². The van der Waals surface area contributed by atoms with E-state index >= 15 is 0 Å². The maximum atomic E-state index is 10.8. The third-order valence-corrected chi connectivity index (χ3v) is 3.91. The molecule has 0 unspecified atom stereocenters. The van der Waals surface area contributed by atoms with Crippen molar-refractivity contribution in [2.24, 2.45) is 5.92 Å². The second kappa shape index (κ2) is 7.25. The van der Waals surface area contributed by atoms with Crippen LogP contribution in [0.3, 0.4) is 0 Å². The van der Waals surface area contributed by atoms with Crippen LogP contribution in [-0.2, 0) is 14.6 Å². The molecule has 0 bridgehead atoms. The molecule has 1 aliphatic carbocycles. The molecule has 1 aliphatic rings. The van der Waals surface area contributed by atoms with Crippen LogP contribution in [0.2, 0.25) is 0 Å². The summed E-state index contributed by atoms with van der Waals surface area (Å²) in [4.78, 5) is 0. The van der Waals surface area contributed by atoms with Crippen LogP contribution in [0.4, 0.5) is 0 Å². The predicted octanol–water partition coefficient (Wildman–Crippen LogP) is 0.827. The molecule has 1 N–H and O–H groups in total. The van der Waals surface area contributed by atoms with E-state index < -0.39 is 9.84 Å². The zero-order valence-corrected chi connectivity index (χ0v) is 10.9. The summed E-state index contributed by atoms with van der Waals surface area (Å²) in [6.45, 7) is 2.78. The summed E-state index contributed by atoms with van der Waals surface area (Å²) in [5.74, 6) is 1.10. The van der Waals surface area contributed by atoms with Crippen LogP contribution >= 0.6 is 0 Å². The number of hydrogen-bond donors (Lipinski definition) is 1. The van der Waals surface area contributed by atoms with Gasteiger partial charge in [0.05, 0.1) is 12.4 Å². The fraction of sp³-hybridized carbons (Fsp3) is 1.00. The summed E-state index contributed by atoms with van der Waals surface area (Å²) in [6.07, 6.45) is 6.57. The van der Waals surface area contributed by atoms with Crippen LogP contribution in [0.15, 0.2) is 0 Å². The smallest absolute Gasteiger partial charge is 0.148 e. The molecule has 0 radical (unpaired) electrons. The van der Waals surface area contributed by atoms with E-state index in [-0.39, 0.29) is 5.75 Å². The lowest BCUT2D eigenvalue weighted by Crippen LogP contribution is -2.26. The molecule has 4 nitrogen and oxygen atoms in total. The minimum Gasteiger partial charge on any atom is -0.380 e. The van der Waals surface area contributed by atoms with Crippen molar-refractivity contribution in [1.29, 1.82) is 0 Å². The Morgan fingerprint density at radius 3 is 2.56 bits per heavy atom. The number of hydrogen-bond acceptors (Lipinski definition) is 4. The van der Waals surface area contributed by atoms with Gasteiger partial charge in [0, 0.05) is 26.0 Å². The first kappa shape index (κ1) is 13.9. The zero-order valence-electron chi connectivity index (χ0n) is 10.1. The van der Waals surface area contributed by atoms with E-state index in [2.05, 4.69) is 5.32 Å². The molecule has 1 fully saturated rings. The van der Waals surface area contributed by atoms with Gasteiger partial charge >= 0.3 is 0 Å². The summed E-state index contributed by atoms with van der Waals surface area (Å²) in [5.41, 5.74) is 0. The first-order valence-corrected chi connectivity index (χ1v) is 8.10. The molecule has 0 aliphatic heterocycles. The highest BCUT2D eigenvalue weighted by Gasteiger charge is 2.16. The largest absolute Gasteiger partial charge is 0.380 e.